The van der Waals surface area contributed by atoms with Crippen LogP contribution in [0.5, 0.6) is 0 Å². The average Bonchev–Trinajstić information content (AvgIpc) is 2.31. The molecule has 1 saturated heterocycles. The first-order valence-electron chi connectivity index (χ1n) is 5.87. The molecule has 16 heavy (non-hydrogen) atoms. The van der Waals surface area contributed by atoms with Crippen molar-refractivity contribution in [1.82, 2.24) is 4.90 Å². The lowest BCUT2D eigenvalue weighted by Crippen LogP contribution is -2.42. The zero-order valence-corrected chi connectivity index (χ0v) is 9.51. The van der Waals surface area contributed by atoms with Crippen molar-refractivity contribution in [2.75, 3.05) is 26.3 Å². The summed E-state index contributed by atoms with van der Waals surface area (Å²) < 4.78 is 5.58. The molecular formula is C13H19NO2. The van der Waals surface area contributed by atoms with E-state index in [0.29, 0.717) is 0 Å². The topological polar surface area (TPSA) is 32.7 Å². The Balaban J connectivity index is 1.85. The fraction of sp³-hybridized carbons (Fsp3) is 0.538. The summed E-state index contributed by atoms with van der Waals surface area (Å²) in [4.78, 5) is 2.39. The van der Waals surface area contributed by atoms with E-state index >= 15 is 0 Å². The summed E-state index contributed by atoms with van der Waals surface area (Å²) >= 11 is 0. The summed E-state index contributed by atoms with van der Waals surface area (Å²) in [5.41, 5.74) is 1.34. The molecule has 0 aromatic heterocycles. The van der Waals surface area contributed by atoms with E-state index in [1.54, 1.807) is 0 Å². The Bertz CT molecular complexity index is 300. The van der Waals surface area contributed by atoms with Crippen LogP contribution in [0.15, 0.2) is 30.3 Å². The van der Waals surface area contributed by atoms with Gasteiger partial charge in [-0.3, -0.25) is 4.90 Å². The van der Waals surface area contributed by atoms with E-state index in [9.17, 15) is 0 Å². The van der Waals surface area contributed by atoms with Gasteiger partial charge < -0.3 is 9.84 Å². The maximum absolute atomic E-state index is 8.90. The van der Waals surface area contributed by atoms with Crippen molar-refractivity contribution in [3.8, 4) is 0 Å². The lowest BCUT2D eigenvalue weighted by atomic mass is 10.1. The van der Waals surface area contributed by atoms with Crippen molar-refractivity contribution in [2.45, 2.75) is 19.1 Å². The van der Waals surface area contributed by atoms with Crippen molar-refractivity contribution in [2.24, 2.45) is 0 Å². The highest BCUT2D eigenvalue weighted by atomic mass is 16.5. The van der Waals surface area contributed by atoms with Crippen molar-refractivity contribution < 1.29 is 9.84 Å². The van der Waals surface area contributed by atoms with Crippen LogP contribution in [0.4, 0.5) is 0 Å². The molecule has 1 heterocycles. The molecule has 88 valence electrons. The quantitative estimate of drug-likeness (QED) is 0.831. The van der Waals surface area contributed by atoms with Gasteiger partial charge in [0.2, 0.25) is 0 Å². The Labute approximate surface area is 96.6 Å². The average molecular weight is 221 g/mol. The molecule has 1 atom stereocenters. The third-order valence-corrected chi connectivity index (χ3v) is 2.92. The normalized spacial score (nSPS) is 22.2. The first-order chi connectivity index (χ1) is 7.88. The van der Waals surface area contributed by atoms with Gasteiger partial charge in [-0.15, -0.1) is 0 Å². The Morgan fingerprint density at radius 1 is 1.31 bits per heavy atom. The fourth-order valence-electron chi connectivity index (χ4n) is 2.08. The maximum Gasteiger partial charge on any atom is 0.0724 e. The number of aliphatic hydroxyl groups is 1. The largest absolute Gasteiger partial charge is 0.396 e. The van der Waals surface area contributed by atoms with Crippen LogP contribution >= 0.6 is 0 Å². The monoisotopic (exact) mass is 221 g/mol. The van der Waals surface area contributed by atoms with E-state index < -0.39 is 0 Å². The summed E-state index contributed by atoms with van der Waals surface area (Å²) in [6.07, 6.45) is 0.938. The molecule has 1 N–H and O–H groups in total. The van der Waals surface area contributed by atoms with Crippen LogP contribution in [0.2, 0.25) is 0 Å². The minimum absolute atomic E-state index is 0.197. The molecule has 3 heteroatoms. The second-order valence-electron chi connectivity index (χ2n) is 4.23. The summed E-state index contributed by atoms with van der Waals surface area (Å²) in [6.45, 7) is 3.87. The number of nitrogens with zero attached hydrogens (tertiary/aromatic N) is 1. The van der Waals surface area contributed by atoms with Crippen LogP contribution in [0.3, 0.4) is 0 Å². The molecule has 1 aromatic rings. The highest BCUT2D eigenvalue weighted by Gasteiger charge is 2.19. The minimum atomic E-state index is 0.197. The summed E-state index contributed by atoms with van der Waals surface area (Å²) in [6, 6.07) is 10.5. The zero-order chi connectivity index (χ0) is 11.2. The molecule has 2 rings (SSSR count). The van der Waals surface area contributed by atoms with Gasteiger partial charge in [-0.25, -0.2) is 0 Å². The SMILES string of the molecule is OCC[C@@H]1CN(Cc2ccccc2)CCO1. The van der Waals surface area contributed by atoms with Crippen LogP contribution < -0.4 is 0 Å². The number of aliphatic hydroxyl groups excluding tert-OH is 1. The Kier molecular flexibility index (Phi) is 4.34. The predicted molar refractivity (Wildman–Crippen MR) is 63.2 cm³/mol. The molecule has 0 radical (unpaired) electrons. The van der Waals surface area contributed by atoms with Gasteiger partial charge in [0.05, 0.1) is 12.7 Å². The third-order valence-electron chi connectivity index (χ3n) is 2.92. The number of morpholine rings is 1. The smallest absolute Gasteiger partial charge is 0.0724 e. The minimum Gasteiger partial charge on any atom is -0.396 e. The molecule has 0 spiro atoms. The van der Waals surface area contributed by atoms with Crippen LogP contribution in [0, 0.1) is 0 Å². The van der Waals surface area contributed by atoms with Crippen LogP contribution in [-0.2, 0) is 11.3 Å². The van der Waals surface area contributed by atoms with Crippen LogP contribution in [0.25, 0.3) is 0 Å². The molecule has 0 aliphatic carbocycles. The van der Waals surface area contributed by atoms with Gasteiger partial charge in [-0.1, -0.05) is 30.3 Å². The molecule has 0 saturated carbocycles. The molecule has 1 aromatic carbocycles. The van der Waals surface area contributed by atoms with Crippen molar-refractivity contribution >= 4 is 0 Å². The van der Waals surface area contributed by atoms with E-state index in [1.165, 1.54) is 5.56 Å². The molecule has 3 nitrogen and oxygen atoms in total. The van der Waals surface area contributed by atoms with E-state index in [2.05, 4.69) is 29.2 Å². The van der Waals surface area contributed by atoms with Gasteiger partial charge in [-0.2, -0.15) is 0 Å². The first-order valence-corrected chi connectivity index (χ1v) is 5.87. The summed E-state index contributed by atoms with van der Waals surface area (Å²) in [7, 11) is 0. The number of benzene rings is 1. The second-order valence-corrected chi connectivity index (χ2v) is 4.23. The fourth-order valence-corrected chi connectivity index (χ4v) is 2.08. The Hall–Kier alpha value is -0.900. The number of rotatable bonds is 4. The highest BCUT2D eigenvalue weighted by molar-refractivity contribution is 5.14. The Morgan fingerprint density at radius 3 is 2.88 bits per heavy atom. The summed E-state index contributed by atoms with van der Waals surface area (Å²) in [5, 5.41) is 8.90. The van der Waals surface area contributed by atoms with Gasteiger partial charge in [0.15, 0.2) is 0 Å². The van der Waals surface area contributed by atoms with E-state index in [0.717, 1.165) is 32.7 Å². The number of ether oxygens (including phenoxy) is 1. The van der Waals surface area contributed by atoms with Gasteiger partial charge >= 0.3 is 0 Å². The van der Waals surface area contributed by atoms with E-state index in [4.69, 9.17) is 9.84 Å². The molecule has 1 fully saturated rings. The maximum atomic E-state index is 8.90. The first kappa shape index (κ1) is 11.6. The lowest BCUT2D eigenvalue weighted by molar-refractivity contribution is -0.0407. The Morgan fingerprint density at radius 2 is 2.12 bits per heavy atom. The number of hydrogen-bond acceptors (Lipinski definition) is 3. The standard InChI is InChI=1S/C13H19NO2/c15-8-6-13-11-14(7-9-16-13)10-12-4-2-1-3-5-12/h1-5,13,15H,6-11H2/t13-/m1/s1. The van der Waals surface area contributed by atoms with E-state index in [-0.39, 0.29) is 12.7 Å². The second kappa shape index (κ2) is 5.99. The van der Waals surface area contributed by atoms with Gasteiger partial charge in [0.1, 0.15) is 0 Å². The van der Waals surface area contributed by atoms with Gasteiger partial charge in [-0.05, 0) is 12.0 Å². The third kappa shape index (κ3) is 3.30. The zero-order valence-electron chi connectivity index (χ0n) is 9.51. The molecular weight excluding hydrogens is 202 g/mol. The molecule has 1 aliphatic heterocycles. The van der Waals surface area contributed by atoms with Crippen molar-refractivity contribution in [3.63, 3.8) is 0 Å². The lowest BCUT2D eigenvalue weighted by Gasteiger charge is -2.32. The van der Waals surface area contributed by atoms with Crippen molar-refractivity contribution in [1.29, 1.82) is 0 Å². The summed E-state index contributed by atoms with van der Waals surface area (Å²) in [5.74, 6) is 0. The molecule has 0 amide bonds. The van der Waals surface area contributed by atoms with E-state index in [1.807, 2.05) is 6.07 Å². The number of hydrogen-bond donors (Lipinski definition) is 1. The van der Waals surface area contributed by atoms with Gasteiger partial charge in [0, 0.05) is 26.2 Å². The predicted octanol–water partition coefficient (Wildman–Crippen LogP) is 1.27. The highest BCUT2D eigenvalue weighted by Crippen LogP contribution is 2.11. The van der Waals surface area contributed by atoms with Crippen molar-refractivity contribution in [3.05, 3.63) is 35.9 Å². The van der Waals surface area contributed by atoms with Crippen LogP contribution in [-0.4, -0.2) is 42.4 Å². The van der Waals surface area contributed by atoms with Gasteiger partial charge in [0.25, 0.3) is 0 Å². The van der Waals surface area contributed by atoms with Crippen LogP contribution in [0.1, 0.15) is 12.0 Å². The molecule has 0 unspecified atom stereocenters. The molecule has 0 bridgehead atoms. The molecule has 1 aliphatic rings.